The quantitative estimate of drug-likeness (QED) is 0.168. The van der Waals surface area contributed by atoms with Gasteiger partial charge in [0.05, 0.1) is 22.6 Å². The number of nitro benzene ring substituents is 1. The zero-order valence-electron chi connectivity index (χ0n) is 16.4. The van der Waals surface area contributed by atoms with Gasteiger partial charge < -0.3 is 14.2 Å². The second-order valence-electron chi connectivity index (χ2n) is 5.87. The van der Waals surface area contributed by atoms with Crippen molar-refractivity contribution in [1.82, 2.24) is 0 Å². The lowest BCUT2D eigenvalue weighted by Gasteiger charge is -2.15. The van der Waals surface area contributed by atoms with Gasteiger partial charge in [-0.15, -0.1) is 0 Å². The summed E-state index contributed by atoms with van der Waals surface area (Å²) in [6.07, 6.45) is 1.41. The minimum atomic E-state index is -0.701. The number of ether oxygens (including phenoxy) is 3. The number of hydrogen-bond donors (Lipinski definition) is 0. The van der Waals surface area contributed by atoms with Crippen LogP contribution in [0.4, 0.5) is 5.69 Å². The van der Waals surface area contributed by atoms with Crippen molar-refractivity contribution < 1.29 is 23.9 Å². The molecule has 0 spiro atoms. The maximum absolute atomic E-state index is 11.8. The van der Waals surface area contributed by atoms with Crippen LogP contribution in [0.5, 0.6) is 11.5 Å². The molecule has 0 saturated carbocycles. The summed E-state index contributed by atoms with van der Waals surface area (Å²) in [6, 6.07) is 11.2. The van der Waals surface area contributed by atoms with E-state index in [-0.39, 0.29) is 24.5 Å². The zero-order chi connectivity index (χ0) is 22.1. The van der Waals surface area contributed by atoms with Crippen molar-refractivity contribution in [2.75, 3.05) is 13.2 Å². The van der Waals surface area contributed by atoms with E-state index in [1.807, 2.05) is 13.0 Å². The summed E-state index contributed by atoms with van der Waals surface area (Å²) in [5.41, 5.74) is 1.16. The van der Waals surface area contributed by atoms with Crippen molar-refractivity contribution >= 4 is 33.7 Å². The maximum atomic E-state index is 11.8. The zero-order valence-corrected chi connectivity index (χ0v) is 18.0. The number of hydrogen-bond acceptors (Lipinski definition) is 7. The van der Waals surface area contributed by atoms with Crippen LogP contribution < -0.4 is 9.47 Å². The molecule has 2 aromatic rings. The van der Waals surface area contributed by atoms with Crippen LogP contribution in [0.15, 0.2) is 46.4 Å². The second kappa shape index (κ2) is 11.0. The van der Waals surface area contributed by atoms with Gasteiger partial charge in [0, 0.05) is 12.1 Å². The molecule has 0 aliphatic rings. The smallest absolute Gasteiger partial charge is 0.348 e. The number of non-ortho nitro benzene ring substituents is 1. The van der Waals surface area contributed by atoms with E-state index in [1.165, 1.54) is 18.2 Å². The monoisotopic (exact) mass is 474 g/mol. The van der Waals surface area contributed by atoms with E-state index >= 15 is 0 Å². The standard InChI is InChI=1S/C21H19BrN2O6/c1-3-28-19-11-15(9-16(12-23)21(25)29-4-2)10-18(22)20(19)30-13-14-5-7-17(8-6-14)24(26)27/h5-11H,3-4,13H2,1-2H3/b16-9-. The first-order chi connectivity index (χ1) is 14.4. The highest BCUT2D eigenvalue weighted by Crippen LogP contribution is 2.38. The molecule has 0 radical (unpaired) electrons. The molecule has 156 valence electrons. The number of benzene rings is 2. The molecule has 2 aromatic carbocycles. The molecule has 0 fully saturated rings. The number of nitro groups is 1. The number of rotatable bonds is 9. The fraction of sp³-hybridized carbons (Fsp3) is 0.238. The molecule has 0 amide bonds. The van der Waals surface area contributed by atoms with E-state index in [9.17, 15) is 20.2 Å². The molecule has 0 saturated heterocycles. The number of carbonyl (C=O) groups excluding carboxylic acids is 1. The Labute approximate surface area is 181 Å². The van der Waals surface area contributed by atoms with Crippen LogP contribution in [0.1, 0.15) is 25.0 Å². The molecule has 0 unspecified atom stereocenters. The van der Waals surface area contributed by atoms with Crippen molar-refractivity contribution in [2.24, 2.45) is 0 Å². The average Bonchev–Trinajstić information content (AvgIpc) is 2.72. The Balaban J connectivity index is 2.29. The van der Waals surface area contributed by atoms with Gasteiger partial charge in [0.2, 0.25) is 0 Å². The number of nitriles is 1. The van der Waals surface area contributed by atoms with Crippen LogP contribution in [-0.4, -0.2) is 24.1 Å². The van der Waals surface area contributed by atoms with Gasteiger partial charge in [0.25, 0.3) is 5.69 Å². The molecule has 0 heterocycles. The molecule has 30 heavy (non-hydrogen) atoms. The highest BCUT2D eigenvalue weighted by atomic mass is 79.9. The van der Waals surface area contributed by atoms with Gasteiger partial charge in [-0.25, -0.2) is 4.79 Å². The molecule has 8 nitrogen and oxygen atoms in total. The van der Waals surface area contributed by atoms with Crippen LogP contribution >= 0.6 is 15.9 Å². The van der Waals surface area contributed by atoms with Crippen molar-refractivity contribution in [3.05, 3.63) is 67.7 Å². The van der Waals surface area contributed by atoms with Gasteiger partial charge in [-0.3, -0.25) is 10.1 Å². The molecule has 9 heteroatoms. The van der Waals surface area contributed by atoms with E-state index in [1.54, 1.807) is 31.2 Å². The molecule has 0 N–H and O–H groups in total. The summed E-state index contributed by atoms with van der Waals surface area (Å²) in [5.74, 6) is 0.149. The first kappa shape index (κ1) is 22.9. The topological polar surface area (TPSA) is 112 Å². The Kier molecular flexibility index (Phi) is 8.38. The summed E-state index contributed by atoms with van der Waals surface area (Å²) in [4.78, 5) is 22.1. The predicted octanol–water partition coefficient (Wildman–Crippen LogP) is 4.81. The molecular weight excluding hydrogens is 456 g/mol. The van der Waals surface area contributed by atoms with Gasteiger partial charge >= 0.3 is 5.97 Å². The van der Waals surface area contributed by atoms with Gasteiger partial charge in [-0.05, 0) is 71.2 Å². The molecule has 0 aromatic heterocycles. The van der Waals surface area contributed by atoms with Crippen LogP contribution in [0.2, 0.25) is 0 Å². The molecule has 2 rings (SSSR count). The third-order valence-electron chi connectivity index (χ3n) is 3.79. The fourth-order valence-corrected chi connectivity index (χ4v) is 3.03. The summed E-state index contributed by atoms with van der Waals surface area (Å²) < 4.78 is 16.9. The highest BCUT2D eigenvalue weighted by Gasteiger charge is 2.15. The van der Waals surface area contributed by atoms with Crippen LogP contribution in [0.3, 0.4) is 0 Å². The van der Waals surface area contributed by atoms with E-state index < -0.39 is 10.9 Å². The Hall–Kier alpha value is -3.38. The van der Waals surface area contributed by atoms with Gasteiger partial charge in [-0.1, -0.05) is 0 Å². The third-order valence-corrected chi connectivity index (χ3v) is 4.38. The maximum Gasteiger partial charge on any atom is 0.348 e. The number of esters is 1. The molecular formula is C21H19BrN2O6. The third kappa shape index (κ3) is 6.06. The Bertz CT molecular complexity index is 996. The van der Waals surface area contributed by atoms with Crippen molar-refractivity contribution in [2.45, 2.75) is 20.5 Å². The highest BCUT2D eigenvalue weighted by molar-refractivity contribution is 9.10. The first-order valence-electron chi connectivity index (χ1n) is 9.01. The minimum Gasteiger partial charge on any atom is -0.490 e. The Morgan fingerprint density at radius 1 is 1.20 bits per heavy atom. The van der Waals surface area contributed by atoms with E-state index in [0.717, 1.165) is 5.56 Å². The first-order valence-corrected chi connectivity index (χ1v) is 9.80. The van der Waals surface area contributed by atoms with Crippen molar-refractivity contribution in [3.63, 3.8) is 0 Å². The predicted molar refractivity (Wildman–Crippen MR) is 113 cm³/mol. The summed E-state index contributed by atoms with van der Waals surface area (Å²) in [6.45, 7) is 4.18. The van der Waals surface area contributed by atoms with E-state index in [2.05, 4.69) is 15.9 Å². The van der Waals surface area contributed by atoms with Crippen LogP contribution in [-0.2, 0) is 16.1 Å². The van der Waals surface area contributed by atoms with Crippen molar-refractivity contribution in [3.8, 4) is 17.6 Å². The van der Waals surface area contributed by atoms with Crippen molar-refractivity contribution in [1.29, 1.82) is 5.26 Å². The average molecular weight is 475 g/mol. The Morgan fingerprint density at radius 3 is 2.47 bits per heavy atom. The van der Waals surface area contributed by atoms with Crippen LogP contribution in [0.25, 0.3) is 6.08 Å². The summed E-state index contributed by atoms with van der Waals surface area (Å²) in [7, 11) is 0. The number of nitrogens with zero attached hydrogens (tertiary/aromatic N) is 2. The summed E-state index contributed by atoms with van der Waals surface area (Å²) in [5, 5.41) is 20.0. The minimum absolute atomic E-state index is 0.000901. The molecule has 0 bridgehead atoms. The largest absolute Gasteiger partial charge is 0.490 e. The molecule has 0 aliphatic heterocycles. The Morgan fingerprint density at radius 2 is 1.90 bits per heavy atom. The van der Waals surface area contributed by atoms with Gasteiger partial charge in [0.15, 0.2) is 11.5 Å². The fourth-order valence-electron chi connectivity index (χ4n) is 2.46. The van der Waals surface area contributed by atoms with Crippen LogP contribution in [0, 0.1) is 21.4 Å². The number of carbonyl (C=O) groups is 1. The summed E-state index contributed by atoms with van der Waals surface area (Å²) >= 11 is 3.43. The van der Waals surface area contributed by atoms with Gasteiger partial charge in [-0.2, -0.15) is 5.26 Å². The lowest BCUT2D eigenvalue weighted by atomic mass is 10.1. The molecule has 0 atom stereocenters. The lowest BCUT2D eigenvalue weighted by Crippen LogP contribution is -2.06. The van der Waals surface area contributed by atoms with E-state index in [4.69, 9.17) is 14.2 Å². The second-order valence-corrected chi connectivity index (χ2v) is 6.72. The number of halogens is 1. The normalized spacial score (nSPS) is 10.8. The lowest BCUT2D eigenvalue weighted by molar-refractivity contribution is -0.384. The molecule has 0 aliphatic carbocycles. The SMILES string of the molecule is CCOC(=O)/C(C#N)=C\c1cc(Br)c(OCc2ccc([N+](=O)[O-])cc2)c(OCC)c1. The van der Waals surface area contributed by atoms with Gasteiger partial charge in [0.1, 0.15) is 18.2 Å². The van der Waals surface area contributed by atoms with E-state index in [0.29, 0.717) is 28.1 Å².